The van der Waals surface area contributed by atoms with Gasteiger partial charge >= 0.3 is 0 Å². The molecule has 0 amide bonds. The molecule has 51 heavy (non-hydrogen) atoms. The molecule has 0 aliphatic heterocycles. The van der Waals surface area contributed by atoms with Gasteiger partial charge in [-0.25, -0.2) is 15.0 Å². The third-order valence-corrected chi connectivity index (χ3v) is 11.7. The van der Waals surface area contributed by atoms with Gasteiger partial charge in [0.15, 0.2) is 17.5 Å². The number of hydrogen-bond acceptors (Lipinski definition) is 6. The van der Waals surface area contributed by atoms with Crippen molar-refractivity contribution in [3.63, 3.8) is 0 Å². The van der Waals surface area contributed by atoms with Gasteiger partial charge in [-0.1, -0.05) is 121 Å². The fourth-order valence-corrected chi connectivity index (χ4v) is 9.34. The minimum atomic E-state index is -0.329. The first-order valence-corrected chi connectivity index (χ1v) is 18.0. The van der Waals surface area contributed by atoms with Crippen LogP contribution < -0.4 is 0 Å². The molecule has 0 aliphatic carbocycles. The normalized spacial score (nSPS) is 13.6. The number of hydrogen-bond donors (Lipinski definition) is 0. The van der Waals surface area contributed by atoms with Crippen molar-refractivity contribution >= 4 is 85.0 Å². The van der Waals surface area contributed by atoms with E-state index in [9.17, 15) is 4.11 Å². The van der Waals surface area contributed by atoms with Gasteiger partial charge in [0, 0.05) is 78.9 Å². The van der Waals surface area contributed by atoms with Crippen LogP contribution >= 0.6 is 22.7 Å². The Kier molecular flexibility index (Phi) is 5.08. The van der Waals surface area contributed by atoms with Gasteiger partial charge in [-0.05, 0) is 30.3 Å². The lowest BCUT2D eigenvalue weighted by Gasteiger charge is -2.09. The van der Waals surface area contributed by atoms with Gasteiger partial charge in [0.1, 0.15) is 11.2 Å². The molecule has 11 rings (SSSR count). The summed E-state index contributed by atoms with van der Waals surface area (Å²) in [6, 6.07) is 35.8. The second-order valence-corrected chi connectivity index (χ2v) is 14.3. The third kappa shape index (κ3) is 4.47. The Labute approximate surface area is 308 Å². The summed E-state index contributed by atoms with van der Waals surface area (Å²) >= 11 is 3.20. The van der Waals surface area contributed by atoms with Crippen LogP contribution in [0.3, 0.4) is 0 Å². The van der Waals surface area contributed by atoms with E-state index in [0.717, 1.165) is 45.9 Å². The van der Waals surface area contributed by atoms with Crippen LogP contribution in [-0.4, -0.2) is 15.0 Å². The second kappa shape index (κ2) is 11.2. The summed E-state index contributed by atoms with van der Waals surface area (Å²) in [6.07, 6.45) is 0. The fourth-order valence-electron chi connectivity index (χ4n) is 6.91. The summed E-state index contributed by atoms with van der Waals surface area (Å²) in [5.74, 6) is 0.732. The molecule has 0 fully saturated rings. The molecule has 4 nitrogen and oxygen atoms in total. The maximum Gasteiger partial charge on any atom is 0.165 e. The number of fused-ring (bicyclic) bond motifs is 9. The fraction of sp³-hybridized carbons (Fsp3) is 0. The van der Waals surface area contributed by atoms with E-state index in [1.807, 2.05) is 97.1 Å². The lowest BCUT2D eigenvalue weighted by Crippen LogP contribution is -2.00. The first-order chi connectivity index (χ1) is 27.8. The van der Waals surface area contributed by atoms with Crippen molar-refractivity contribution in [2.45, 2.75) is 0 Å². The summed E-state index contributed by atoms with van der Waals surface area (Å²) < 4.78 is 66.1. The van der Waals surface area contributed by atoms with Crippen molar-refractivity contribution in [3.05, 3.63) is 152 Å². The minimum Gasteiger partial charge on any atom is -0.455 e. The topological polar surface area (TPSA) is 51.8 Å². The molecule has 0 saturated carbocycles. The van der Waals surface area contributed by atoms with Crippen LogP contribution in [0.4, 0.5) is 0 Å². The van der Waals surface area contributed by atoms with E-state index < -0.39 is 0 Å². The second-order valence-electron chi connectivity index (χ2n) is 12.2. The molecule has 0 saturated heterocycles. The molecule has 0 spiro atoms. The van der Waals surface area contributed by atoms with Crippen LogP contribution in [0.2, 0.25) is 0 Å². The maximum absolute atomic E-state index is 9.61. The zero-order valence-corrected chi connectivity index (χ0v) is 28.2. The Morgan fingerprint density at radius 3 is 1.80 bits per heavy atom. The van der Waals surface area contributed by atoms with Crippen molar-refractivity contribution in [1.29, 1.82) is 0 Å². The van der Waals surface area contributed by atoms with Gasteiger partial charge in [0.2, 0.25) is 0 Å². The van der Waals surface area contributed by atoms with Crippen molar-refractivity contribution in [2.24, 2.45) is 0 Å². The Morgan fingerprint density at radius 1 is 0.451 bits per heavy atom. The van der Waals surface area contributed by atoms with Crippen LogP contribution in [0.25, 0.3) is 108 Å². The van der Waals surface area contributed by atoms with Crippen LogP contribution in [0.5, 0.6) is 0 Å². The Morgan fingerprint density at radius 2 is 1.06 bits per heavy atom. The molecule has 4 aromatic heterocycles. The zero-order valence-electron chi connectivity index (χ0n) is 32.5. The molecule has 7 aromatic carbocycles. The molecular formula is C45H25N3OS2. The van der Waals surface area contributed by atoms with E-state index >= 15 is 0 Å². The van der Waals surface area contributed by atoms with Crippen LogP contribution in [0.15, 0.2) is 156 Å². The van der Waals surface area contributed by atoms with Crippen LogP contribution in [0, 0.1) is 0 Å². The monoisotopic (exact) mass is 693 g/mol. The van der Waals surface area contributed by atoms with Crippen LogP contribution in [0.1, 0.15) is 8.22 Å². The Bertz CT molecular complexity index is 3510. The first kappa shape index (κ1) is 23.2. The van der Waals surface area contributed by atoms with E-state index in [1.165, 1.54) is 0 Å². The quantitative estimate of drug-likeness (QED) is 0.184. The lowest BCUT2D eigenvalue weighted by molar-refractivity contribution is 0.670. The number of thiophene rings is 2. The zero-order chi connectivity index (χ0) is 38.7. The number of benzene rings is 7. The van der Waals surface area contributed by atoms with Gasteiger partial charge in [-0.3, -0.25) is 0 Å². The average Bonchev–Trinajstić information content (AvgIpc) is 3.95. The minimum absolute atomic E-state index is 0.0206. The average molecular weight is 694 g/mol. The standard InChI is InChI=1S/C45H25N3OS2/c1-2-11-26(12-3-1)43-46-44(48-45(47-43)36-20-10-18-34-30-14-5-7-22-39(30)51-42(34)36)27-23-24-28-31-15-8-16-32(40(31)49-37(28)25-27)35-19-9-17-33-29-13-4-6-21-38(29)50-41(33)35/h1-25H/i8D,15D,16D,23D,24D,25D. The van der Waals surface area contributed by atoms with Crippen molar-refractivity contribution < 1.29 is 12.6 Å². The number of para-hydroxylation sites is 1. The SMILES string of the molecule is [2H]c1c([2H])c([2H])c2c(oc3c([2H])c(-c4nc(-c5ccccc5)nc(-c5cccc6c5sc5ccccc56)n4)c([2H])c([2H])c32)c1-c1cccc2c1sc1ccccc12. The van der Waals surface area contributed by atoms with E-state index in [2.05, 4.69) is 18.2 Å². The molecule has 0 N–H and O–H groups in total. The molecule has 4 heterocycles. The number of nitrogens with zero attached hydrogens (tertiary/aromatic N) is 3. The summed E-state index contributed by atoms with van der Waals surface area (Å²) in [4.78, 5) is 14.7. The highest BCUT2D eigenvalue weighted by Crippen LogP contribution is 2.44. The van der Waals surface area contributed by atoms with Crippen molar-refractivity contribution in [3.8, 4) is 45.3 Å². The largest absolute Gasteiger partial charge is 0.455 e. The van der Waals surface area contributed by atoms with Gasteiger partial charge in [0.25, 0.3) is 0 Å². The van der Waals surface area contributed by atoms with Gasteiger partial charge in [0.05, 0.1) is 8.22 Å². The van der Waals surface area contributed by atoms with Gasteiger partial charge < -0.3 is 4.42 Å². The molecule has 0 aliphatic rings. The number of furan rings is 1. The van der Waals surface area contributed by atoms with Crippen LogP contribution in [-0.2, 0) is 0 Å². The molecule has 0 unspecified atom stereocenters. The summed E-state index contributed by atoms with van der Waals surface area (Å²) in [5, 5.41) is 4.43. The van der Waals surface area contributed by atoms with Crippen molar-refractivity contribution in [2.75, 3.05) is 0 Å². The maximum atomic E-state index is 9.61. The molecule has 6 heteroatoms. The van der Waals surface area contributed by atoms with Gasteiger partial charge in [-0.2, -0.15) is 0 Å². The van der Waals surface area contributed by atoms with Gasteiger partial charge in [-0.15, -0.1) is 22.7 Å². The highest BCUT2D eigenvalue weighted by molar-refractivity contribution is 7.26. The lowest BCUT2D eigenvalue weighted by atomic mass is 10.00. The molecule has 0 radical (unpaired) electrons. The number of aromatic nitrogens is 3. The molecule has 11 aromatic rings. The highest BCUT2D eigenvalue weighted by atomic mass is 32.1. The summed E-state index contributed by atoms with van der Waals surface area (Å²) in [5.41, 5.74) is 2.50. The smallest absolute Gasteiger partial charge is 0.165 e. The summed E-state index contributed by atoms with van der Waals surface area (Å²) in [7, 11) is 0. The van der Waals surface area contributed by atoms with E-state index in [4.69, 9.17) is 23.5 Å². The molecule has 0 atom stereocenters. The Balaban J connectivity index is 1.20. The van der Waals surface area contributed by atoms with Crippen molar-refractivity contribution in [1.82, 2.24) is 15.0 Å². The predicted molar refractivity (Wildman–Crippen MR) is 215 cm³/mol. The Hall–Kier alpha value is -6.21. The predicted octanol–water partition coefficient (Wildman–Crippen LogP) is 13.2. The third-order valence-electron chi connectivity index (χ3n) is 9.27. The molecular weight excluding hydrogens is 663 g/mol. The number of rotatable bonds is 4. The molecule has 238 valence electrons. The van der Waals surface area contributed by atoms with E-state index in [0.29, 0.717) is 28.3 Å². The first-order valence-electron chi connectivity index (χ1n) is 19.4. The highest BCUT2D eigenvalue weighted by Gasteiger charge is 2.19. The van der Waals surface area contributed by atoms with E-state index in [-0.39, 0.29) is 69.6 Å². The molecule has 0 bridgehead atoms. The summed E-state index contributed by atoms with van der Waals surface area (Å²) in [6.45, 7) is 0. The van der Waals surface area contributed by atoms with E-state index in [1.54, 1.807) is 22.7 Å².